The number of ether oxygens (including phenoxy) is 1. The number of carbonyl (C=O) groups is 1. The first-order valence-electron chi connectivity index (χ1n) is 11.0. The van der Waals surface area contributed by atoms with Crippen LogP contribution in [0.4, 0.5) is 0 Å². The molecule has 2 aromatic rings. The van der Waals surface area contributed by atoms with E-state index < -0.39 is 0 Å². The molecule has 4 rings (SSSR count). The second kappa shape index (κ2) is 9.31. The third-order valence-corrected chi connectivity index (χ3v) is 7.76. The van der Waals surface area contributed by atoms with Crippen LogP contribution in [0, 0.1) is 5.92 Å². The molecule has 2 atom stereocenters. The molecule has 1 fully saturated rings. The van der Waals surface area contributed by atoms with Crippen molar-refractivity contribution in [1.29, 1.82) is 0 Å². The van der Waals surface area contributed by atoms with Crippen molar-refractivity contribution in [2.24, 2.45) is 5.92 Å². The fourth-order valence-corrected chi connectivity index (χ4v) is 5.89. The highest BCUT2D eigenvalue weighted by Crippen LogP contribution is 2.34. The van der Waals surface area contributed by atoms with Gasteiger partial charge in [0.1, 0.15) is 5.75 Å². The number of likely N-dealkylation sites (tertiary alicyclic amines) is 1. The van der Waals surface area contributed by atoms with Gasteiger partial charge in [0.25, 0.3) is 5.91 Å². The summed E-state index contributed by atoms with van der Waals surface area (Å²) < 4.78 is 5.62. The van der Waals surface area contributed by atoms with Gasteiger partial charge in [-0.2, -0.15) is 0 Å². The Kier molecular flexibility index (Phi) is 6.56. The van der Waals surface area contributed by atoms with Crippen LogP contribution < -0.4 is 10.1 Å². The second-order valence-corrected chi connectivity index (χ2v) is 9.42. The summed E-state index contributed by atoms with van der Waals surface area (Å²) >= 11 is 1.69. The van der Waals surface area contributed by atoms with E-state index in [0.29, 0.717) is 6.54 Å². The largest absolute Gasteiger partial charge is 0.496 e. The van der Waals surface area contributed by atoms with Crippen LogP contribution in [0.5, 0.6) is 5.75 Å². The number of benzene rings is 1. The minimum absolute atomic E-state index is 0.0662. The lowest BCUT2D eigenvalue weighted by atomic mass is 9.87. The first kappa shape index (κ1) is 20.4. The highest BCUT2D eigenvalue weighted by molar-refractivity contribution is 7.14. The van der Waals surface area contributed by atoms with Crippen LogP contribution in [0.1, 0.15) is 64.3 Å². The van der Waals surface area contributed by atoms with Gasteiger partial charge >= 0.3 is 0 Å². The third kappa shape index (κ3) is 4.51. The summed E-state index contributed by atoms with van der Waals surface area (Å²) in [5.74, 6) is 1.74. The smallest absolute Gasteiger partial charge is 0.261 e. The molecule has 0 spiro atoms. The van der Waals surface area contributed by atoms with Gasteiger partial charge in [0.05, 0.1) is 18.0 Å². The molecule has 2 aliphatic rings. The molecule has 0 unspecified atom stereocenters. The molecule has 29 heavy (non-hydrogen) atoms. The molecule has 0 radical (unpaired) electrons. The average Bonchev–Trinajstić information content (AvgIpc) is 3.43. The monoisotopic (exact) mass is 412 g/mol. The predicted molar refractivity (Wildman–Crippen MR) is 119 cm³/mol. The van der Waals surface area contributed by atoms with Crippen molar-refractivity contribution in [3.05, 3.63) is 51.2 Å². The third-order valence-electron chi connectivity index (χ3n) is 6.52. The molecular weight excluding hydrogens is 380 g/mol. The minimum Gasteiger partial charge on any atom is -0.496 e. The molecule has 1 aromatic heterocycles. The summed E-state index contributed by atoms with van der Waals surface area (Å²) in [6.07, 6.45) is 7.19. The number of nitrogens with one attached hydrogen (secondary N) is 1. The predicted octanol–water partition coefficient (Wildman–Crippen LogP) is 4.84. The Morgan fingerprint density at radius 2 is 2.10 bits per heavy atom. The van der Waals surface area contributed by atoms with Crippen molar-refractivity contribution in [3.63, 3.8) is 0 Å². The molecule has 4 nitrogen and oxygen atoms in total. The van der Waals surface area contributed by atoms with Gasteiger partial charge in [-0.15, -0.1) is 11.3 Å². The number of hydrogen-bond acceptors (Lipinski definition) is 4. The lowest BCUT2D eigenvalue weighted by molar-refractivity contribution is 0.0941. The minimum atomic E-state index is 0.0662. The Hall–Kier alpha value is -1.85. The van der Waals surface area contributed by atoms with E-state index in [1.807, 2.05) is 12.1 Å². The maximum atomic E-state index is 13.0. The van der Waals surface area contributed by atoms with Crippen LogP contribution in [0.3, 0.4) is 0 Å². The van der Waals surface area contributed by atoms with Gasteiger partial charge in [-0.3, -0.25) is 9.69 Å². The van der Waals surface area contributed by atoms with Crippen LogP contribution in [0.15, 0.2) is 30.3 Å². The van der Waals surface area contributed by atoms with Crippen LogP contribution in [-0.2, 0) is 12.8 Å². The van der Waals surface area contributed by atoms with Gasteiger partial charge in [0, 0.05) is 17.0 Å². The summed E-state index contributed by atoms with van der Waals surface area (Å²) in [5.41, 5.74) is 2.56. The van der Waals surface area contributed by atoms with Gasteiger partial charge < -0.3 is 10.1 Å². The molecular formula is C24H32N2O2S. The highest BCUT2D eigenvalue weighted by Gasteiger charge is 2.27. The fraction of sp³-hybridized carbons (Fsp3) is 0.542. The number of para-hydroxylation sites is 1. The molecule has 0 saturated carbocycles. The Morgan fingerprint density at radius 1 is 1.31 bits per heavy atom. The Labute approximate surface area is 178 Å². The number of rotatable bonds is 7. The van der Waals surface area contributed by atoms with Crippen LogP contribution in [0.25, 0.3) is 0 Å². The van der Waals surface area contributed by atoms with Gasteiger partial charge in [0.2, 0.25) is 0 Å². The zero-order valence-electron chi connectivity index (χ0n) is 17.6. The van der Waals surface area contributed by atoms with Crippen molar-refractivity contribution in [2.75, 3.05) is 26.7 Å². The molecule has 156 valence electrons. The second-order valence-electron chi connectivity index (χ2n) is 8.29. The van der Waals surface area contributed by atoms with E-state index in [9.17, 15) is 4.79 Å². The number of hydrogen-bond donors (Lipinski definition) is 1. The first-order chi connectivity index (χ1) is 14.2. The van der Waals surface area contributed by atoms with E-state index >= 15 is 0 Å². The molecule has 1 N–H and O–H groups in total. The van der Waals surface area contributed by atoms with Crippen molar-refractivity contribution < 1.29 is 9.53 Å². The lowest BCUT2D eigenvalue weighted by Crippen LogP contribution is -2.36. The van der Waals surface area contributed by atoms with Crippen molar-refractivity contribution in [2.45, 2.75) is 51.5 Å². The quantitative estimate of drug-likeness (QED) is 0.708. The van der Waals surface area contributed by atoms with Gasteiger partial charge in [-0.05, 0) is 68.8 Å². The van der Waals surface area contributed by atoms with E-state index in [-0.39, 0.29) is 11.9 Å². The summed E-state index contributed by atoms with van der Waals surface area (Å²) in [6, 6.07) is 10.5. The van der Waals surface area contributed by atoms with Crippen molar-refractivity contribution in [3.8, 4) is 5.75 Å². The van der Waals surface area contributed by atoms with Gasteiger partial charge in [-0.1, -0.05) is 31.5 Å². The Bertz CT molecular complexity index is 841. The van der Waals surface area contributed by atoms with Crippen molar-refractivity contribution >= 4 is 17.2 Å². The number of carbonyl (C=O) groups excluding carboxylic acids is 1. The maximum absolute atomic E-state index is 13.0. The van der Waals surface area contributed by atoms with Crippen molar-refractivity contribution in [1.82, 2.24) is 10.2 Å². The Balaban J connectivity index is 1.48. The topological polar surface area (TPSA) is 41.6 Å². The number of thiophene rings is 1. The number of aryl methyl sites for hydroxylation is 1. The summed E-state index contributed by atoms with van der Waals surface area (Å²) in [7, 11) is 1.72. The zero-order valence-corrected chi connectivity index (χ0v) is 18.4. The number of fused-ring (bicyclic) bond motifs is 1. The zero-order chi connectivity index (χ0) is 20.2. The number of amides is 1. The van der Waals surface area contributed by atoms with E-state index in [4.69, 9.17) is 4.74 Å². The number of methoxy groups -OCH3 is 1. The summed E-state index contributed by atoms with van der Waals surface area (Å²) in [4.78, 5) is 17.7. The molecule has 0 bridgehead atoms. The van der Waals surface area contributed by atoms with Crippen LogP contribution in [-0.4, -0.2) is 37.6 Å². The molecule has 1 aromatic carbocycles. The Morgan fingerprint density at radius 3 is 2.86 bits per heavy atom. The van der Waals surface area contributed by atoms with E-state index in [1.165, 1.54) is 36.1 Å². The average molecular weight is 413 g/mol. The molecule has 1 amide bonds. The van der Waals surface area contributed by atoms with Crippen LogP contribution >= 0.6 is 11.3 Å². The van der Waals surface area contributed by atoms with E-state index in [1.54, 1.807) is 18.4 Å². The van der Waals surface area contributed by atoms with Crippen LogP contribution in [0.2, 0.25) is 0 Å². The van der Waals surface area contributed by atoms with E-state index in [2.05, 4.69) is 35.3 Å². The molecule has 1 saturated heterocycles. The molecule has 1 aliphatic carbocycles. The standard InChI is InChI=1S/C24H32N2O2S/c1-3-17-10-11-22-18(14-17)15-23(29-22)24(27)25-16-20(26-12-6-7-13-26)19-8-4-5-9-21(19)28-2/h4-5,8-9,15,17,20H,3,6-7,10-14,16H2,1-2H3,(H,25,27)/t17-,20+/m1/s1. The number of nitrogens with zero attached hydrogens (tertiary/aromatic N) is 1. The lowest BCUT2D eigenvalue weighted by Gasteiger charge is -2.29. The molecule has 5 heteroatoms. The van der Waals surface area contributed by atoms with Gasteiger partial charge in [0.15, 0.2) is 0 Å². The highest BCUT2D eigenvalue weighted by atomic mass is 32.1. The maximum Gasteiger partial charge on any atom is 0.261 e. The normalized spacial score (nSPS) is 20.3. The first-order valence-corrected chi connectivity index (χ1v) is 11.8. The fourth-order valence-electron chi connectivity index (χ4n) is 4.77. The van der Waals surface area contributed by atoms with E-state index in [0.717, 1.165) is 48.0 Å². The SMILES string of the molecule is CC[C@@H]1CCc2sc(C(=O)NC[C@@H](c3ccccc3OC)N3CCCC3)cc2C1. The summed E-state index contributed by atoms with van der Waals surface area (Å²) in [6.45, 7) is 5.03. The molecule has 2 heterocycles. The van der Waals surface area contributed by atoms with Gasteiger partial charge in [-0.25, -0.2) is 0 Å². The molecule has 1 aliphatic heterocycles. The summed E-state index contributed by atoms with van der Waals surface area (Å²) in [5, 5.41) is 3.23.